The van der Waals surface area contributed by atoms with E-state index in [0.717, 1.165) is 40.8 Å². The quantitative estimate of drug-likeness (QED) is 0.238. The summed E-state index contributed by atoms with van der Waals surface area (Å²) >= 11 is 0. The number of nitriles is 1. The summed E-state index contributed by atoms with van der Waals surface area (Å²) in [4.78, 5) is 1.70. The summed E-state index contributed by atoms with van der Waals surface area (Å²) in [6.45, 7) is 5.53. The van der Waals surface area contributed by atoms with E-state index in [4.69, 9.17) is 4.74 Å². The van der Waals surface area contributed by atoms with E-state index in [-0.39, 0.29) is 0 Å². The highest BCUT2D eigenvalue weighted by molar-refractivity contribution is 7.93. The van der Waals surface area contributed by atoms with Crippen molar-refractivity contribution in [1.82, 2.24) is 9.29 Å². The lowest BCUT2D eigenvalue weighted by atomic mass is 9.99. The van der Waals surface area contributed by atoms with Gasteiger partial charge in [-0.15, -0.1) is 0 Å². The Hall–Kier alpha value is -3.28. The molecule has 12 heteroatoms. The minimum absolute atomic E-state index is 0.469. The molecule has 5 atom stereocenters. The number of benzene rings is 2. The molecule has 1 saturated heterocycles. The van der Waals surface area contributed by atoms with Crippen molar-refractivity contribution < 1.29 is 33.6 Å². The van der Waals surface area contributed by atoms with Crippen LogP contribution in [-0.2, 0) is 21.8 Å². The van der Waals surface area contributed by atoms with Gasteiger partial charge in [-0.05, 0) is 66.6 Å². The van der Waals surface area contributed by atoms with Crippen molar-refractivity contribution in [2.45, 2.75) is 44.6 Å². The number of sulfonamides is 1. The number of nitrogens with one attached hydrogen (secondary N) is 1. The van der Waals surface area contributed by atoms with Crippen LogP contribution >= 0.6 is 0 Å². The lowest BCUT2D eigenvalue weighted by Crippen LogP contribution is -2.59. The van der Waals surface area contributed by atoms with Crippen LogP contribution in [0.3, 0.4) is 0 Å². The molecule has 40 heavy (non-hydrogen) atoms. The molecule has 11 nitrogen and oxygen atoms in total. The molecule has 1 aliphatic rings. The molecule has 0 amide bonds. The third-order valence-corrected chi connectivity index (χ3v) is 8.58. The second-order valence-electron chi connectivity index (χ2n) is 9.63. The van der Waals surface area contributed by atoms with Crippen molar-refractivity contribution >= 4 is 32.6 Å². The number of fused-ring (bicyclic) bond motifs is 1. The topological polar surface area (TPSA) is 168 Å². The number of aliphatic hydroxyl groups is 4. The van der Waals surface area contributed by atoms with Gasteiger partial charge in [-0.1, -0.05) is 18.2 Å². The van der Waals surface area contributed by atoms with Gasteiger partial charge in [0.05, 0.1) is 0 Å². The summed E-state index contributed by atoms with van der Waals surface area (Å²) in [5.41, 5.74) is 3.37. The maximum Gasteiger partial charge on any atom is 0.250 e. The molecule has 0 radical (unpaired) electrons. The van der Waals surface area contributed by atoms with E-state index in [1.165, 1.54) is 6.08 Å². The zero-order valence-electron chi connectivity index (χ0n) is 22.5. The first-order chi connectivity index (χ1) is 19.0. The standard InChI is InChI=1S/C28H34N4O7S/c1-4-32(5-2)21-9-8-17-12-19(7-6-18(17)13-21)23-11-10-20(31(23)3)14-22(15-29)40(37,38)30-16-24-25(33)26(34)27(35)28(36)39-24/h6-14,24-28,30,33-36H,4-5,16H2,1-3H3/b22-14+/t24-,25-,26+,27-,28?/m1/s1. The minimum Gasteiger partial charge on any atom is -0.388 e. The molecular formula is C28H34N4O7S. The number of ether oxygens (including phenoxy) is 1. The van der Waals surface area contributed by atoms with E-state index < -0.39 is 52.2 Å². The lowest BCUT2D eigenvalue weighted by Gasteiger charge is -2.38. The van der Waals surface area contributed by atoms with Crippen molar-refractivity contribution in [1.29, 1.82) is 5.26 Å². The van der Waals surface area contributed by atoms with Gasteiger partial charge >= 0.3 is 0 Å². The van der Waals surface area contributed by atoms with E-state index in [1.807, 2.05) is 18.2 Å². The zero-order chi connectivity index (χ0) is 29.2. The number of anilines is 1. The van der Waals surface area contributed by atoms with Crippen molar-refractivity contribution in [2.24, 2.45) is 7.05 Å². The van der Waals surface area contributed by atoms with Gasteiger partial charge in [0.1, 0.15) is 30.5 Å². The van der Waals surface area contributed by atoms with Crippen LogP contribution in [0.1, 0.15) is 19.5 Å². The molecular weight excluding hydrogens is 536 g/mol. The van der Waals surface area contributed by atoms with E-state index in [2.05, 4.69) is 47.7 Å². The van der Waals surface area contributed by atoms with Crippen molar-refractivity contribution in [3.63, 3.8) is 0 Å². The van der Waals surface area contributed by atoms with Crippen LogP contribution in [-0.4, -0.2) is 83.8 Å². The second kappa shape index (κ2) is 12.1. The Kier molecular flexibility index (Phi) is 8.96. The molecule has 2 heterocycles. The van der Waals surface area contributed by atoms with E-state index in [1.54, 1.807) is 23.8 Å². The molecule has 3 aromatic rings. The van der Waals surface area contributed by atoms with Crippen LogP contribution in [0.25, 0.3) is 28.1 Å². The molecule has 4 rings (SSSR count). The van der Waals surface area contributed by atoms with Crippen LogP contribution in [0.5, 0.6) is 0 Å². The van der Waals surface area contributed by atoms with Crippen LogP contribution in [0, 0.1) is 11.3 Å². The number of aromatic nitrogens is 1. The number of allylic oxidation sites excluding steroid dienone is 1. The van der Waals surface area contributed by atoms with Crippen LogP contribution in [0.2, 0.25) is 0 Å². The number of rotatable bonds is 9. The third kappa shape index (κ3) is 5.91. The molecule has 5 N–H and O–H groups in total. The fourth-order valence-corrected chi connectivity index (χ4v) is 5.75. The van der Waals surface area contributed by atoms with Gasteiger partial charge in [0, 0.05) is 43.8 Å². The average Bonchev–Trinajstić information content (AvgIpc) is 3.31. The predicted molar refractivity (Wildman–Crippen MR) is 151 cm³/mol. The van der Waals surface area contributed by atoms with Crippen molar-refractivity contribution in [3.8, 4) is 17.3 Å². The molecule has 2 aromatic carbocycles. The molecule has 0 bridgehead atoms. The molecule has 214 valence electrons. The van der Waals surface area contributed by atoms with Crippen molar-refractivity contribution in [3.05, 3.63) is 59.1 Å². The van der Waals surface area contributed by atoms with Gasteiger partial charge in [-0.3, -0.25) is 0 Å². The van der Waals surface area contributed by atoms with Gasteiger partial charge in [0.2, 0.25) is 0 Å². The summed E-state index contributed by atoms with van der Waals surface area (Å²) in [5, 5.41) is 50.9. The molecule has 1 aromatic heterocycles. The highest BCUT2D eigenvalue weighted by Crippen LogP contribution is 2.29. The molecule has 0 aliphatic carbocycles. The highest BCUT2D eigenvalue weighted by atomic mass is 32.2. The molecule has 1 aliphatic heterocycles. The monoisotopic (exact) mass is 570 g/mol. The summed E-state index contributed by atoms with van der Waals surface area (Å²) < 4.78 is 34.7. The second-order valence-corrected chi connectivity index (χ2v) is 11.4. The highest BCUT2D eigenvalue weighted by Gasteiger charge is 2.43. The van der Waals surface area contributed by atoms with Crippen LogP contribution in [0.15, 0.2) is 53.4 Å². The lowest BCUT2D eigenvalue weighted by molar-refractivity contribution is -0.279. The Morgan fingerprint density at radius 3 is 2.38 bits per heavy atom. The van der Waals surface area contributed by atoms with Crippen molar-refractivity contribution in [2.75, 3.05) is 24.5 Å². The first kappa shape index (κ1) is 29.7. The first-order valence-corrected chi connectivity index (χ1v) is 14.4. The smallest absolute Gasteiger partial charge is 0.250 e. The van der Waals surface area contributed by atoms with Gasteiger partial charge < -0.3 is 34.6 Å². The number of hydrogen-bond acceptors (Lipinski definition) is 9. The SMILES string of the molecule is CCN(CC)c1ccc2cc(-c3ccc(/C=C(\C#N)S(=O)(=O)NC[C@H]4OC(O)[C@H](O)[C@@H](O)[C@@H]4O)n3C)ccc2c1. The van der Waals surface area contributed by atoms with Gasteiger partial charge in [0.15, 0.2) is 11.2 Å². The van der Waals surface area contributed by atoms with Gasteiger partial charge in [-0.2, -0.15) is 5.26 Å². The Bertz CT molecular complexity index is 1540. The average molecular weight is 571 g/mol. The van der Waals surface area contributed by atoms with Gasteiger partial charge in [-0.25, -0.2) is 13.1 Å². The molecule has 1 fully saturated rings. The summed E-state index contributed by atoms with van der Waals surface area (Å²) in [7, 11) is -2.57. The normalized spacial score (nSPS) is 23.8. The molecule has 0 spiro atoms. The van der Waals surface area contributed by atoms with E-state index in [9.17, 15) is 34.1 Å². The minimum atomic E-state index is -4.34. The van der Waals surface area contributed by atoms with Crippen LogP contribution in [0.4, 0.5) is 5.69 Å². The zero-order valence-corrected chi connectivity index (χ0v) is 23.3. The Morgan fingerprint density at radius 1 is 1.02 bits per heavy atom. The van der Waals surface area contributed by atoms with E-state index >= 15 is 0 Å². The van der Waals surface area contributed by atoms with Gasteiger partial charge in [0.25, 0.3) is 10.0 Å². The van der Waals surface area contributed by atoms with Crippen LogP contribution < -0.4 is 9.62 Å². The summed E-state index contributed by atoms with van der Waals surface area (Å²) in [6, 6.07) is 17.7. The largest absolute Gasteiger partial charge is 0.388 e. The Labute approximate surface area is 233 Å². The number of nitrogens with zero attached hydrogens (tertiary/aromatic N) is 3. The maximum absolute atomic E-state index is 12.9. The summed E-state index contributed by atoms with van der Waals surface area (Å²) in [6.07, 6.45) is -7.05. The molecule has 0 saturated carbocycles. The predicted octanol–water partition coefficient (Wildman–Crippen LogP) is 1.28. The Morgan fingerprint density at radius 2 is 1.70 bits per heavy atom. The Balaban J connectivity index is 1.55. The fourth-order valence-electron chi connectivity index (χ4n) is 4.81. The summed E-state index contributed by atoms with van der Waals surface area (Å²) in [5.74, 6) is 0. The number of hydrogen-bond donors (Lipinski definition) is 5. The van der Waals surface area contributed by atoms with E-state index in [0.29, 0.717) is 5.69 Å². The first-order valence-electron chi connectivity index (χ1n) is 12.9. The third-order valence-electron chi connectivity index (χ3n) is 7.25. The maximum atomic E-state index is 12.9. The fraction of sp³-hybridized carbons (Fsp3) is 0.393. The molecule has 1 unspecified atom stereocenters. The number of aliphatic hydroxyl groups excluding tert-OH is 4.